The number of carbonyl (C=O) groups excluding carboxylic acids is 1. The average molecular weight is 323 g/mol. The summed E-state index contributed by atoms with van der Waals surface area (Å²) in [5.74, 6) is 1.36. The number of hydrogen-bond acceptors (Lipinski definition) is 2. The minimum Gasteiger partial charge on any atom is -0.324 e. The van der Waals surface area contributed by atoms with Crippen LogP contribution in [0.15, 0.2) is 22.7 Å². The number of benzene rings is 1. The van der Waals surface area contributed by atoms with E-state index in [0.717, 1.165) is 22.3 Å². The molecule has 19 heavy (non-hydrogen) atoms. The highest BCUT2D eigenvalue weighted by Crippen LogP contribution is 2.38. The third-order valence-electron chi connectivity index (χ3n) is 4.49. The zero-order valence-corrected chi connectivity index (χ0v) is 12.7. The summed E-state index contributed by atoms with van der Waals surface area (Å²) in [7, 11) is 0. The summed E-state index contributed by atoms with van der Waals surface area (Å²) in [6.07, 6.45) is 3.74. The summed E-state index contributed by atoms with van der Waals surface area (Å²) < 4.78 is 0.992. The van der Waals surface area contributed by atoms with Gasteiger partial charge in [-0.15, -0.1) is 0 Å². The molecule has 2 fully saturated rings. The molecule has 102 valence electrons. The van der Waals surface area contributed by atoms with E-state index in [4.69, 9.17) is 0 Å². The molecule has 2 N–H and O–H groups in total. The zero-order chi connectivity index (χ0) is 13.4. The van der Waals surface area contributed by atoms with Crippen molar-refractivity contribution in [1.29, 1.82) is 0 Å². The van der Waals surface area contributed by atoms with E-state index in [0.29, 0.717) is 11.8 Å². The van der Waals surface area contributed by atoms with E-state index in [-0.39, 0.29) is 11.9 Å². The Kier molecular flexibility index (Phi) is 3.63. The third kappa shape index (κ3) is 2.56. The van der Waals surface area contributed by atoms with Crippen LogP contribution in [0.5, 0.6) is 0 Å². The molecule has 1 aliphatic heterocycles. The molecule has 4 heteroatoms. The van der Waals surface area contributed by atoms with Crippen LogP contribution in [0.25, 0.3) is 0 Å². The van der Waals surface area contributed by atoms with Crippen molar-refractivity contribution in [3.63, 3.8) is 0 Å². The predicted octanol–water partition coefficient (Wildman–Crippen LogP) is 3.08. The molecule has 3 rings (SSSR count). The average Bonchev–Trinajstić information content (AvgIpc) is 2.95. The summed E-state index contributed by atoms with van der Waals surface area (Å²) >= 11 is 3.45. The molecule has 3 nitrogen and oxygen atoms in total. The van der Waals surface area contributed by atoms with Crippen LogP contribution in [0.4, 0.5) is 5.69 Å². The van der Waals surface area contributed by atoms with Gasteiger partial charge in [0.15, 0.2) is 0 Å². The van der Waals surface area contributed by atoms with Crippen LogP contribution >= 0.6 is 15.9 Å². The molecule has 1 aliphatic carbocycles. The predicted molar refractivity (Wildman–Crippen MR) is 80.1 cm³/mol. The molecule has 1 saturated carbocycles. The number of aryl methyl sites for hydroxylation is 1. The van der Waals surface area contributed by atoms with E-state index < -0.39 is 0 Å². The monoisotopic (exact) mass is 322 g/mol. The Hall–Kier alpha value is -0.870. The van der Waals surface area contributed by atoms with Crippen molar-refractivity contribution in [1.82, 2.24) is 5.32 Å². The molecular formula is C15H19BrN2O. The van der Waals surface area contributed by atoms with Crippen LogP contribution < -0.4 is 10.6 Å². The van der Waals surface area contributed by atoms with Crippen molar-refractivity contribution < 1.29 is 4.79 Å². The van der Waals surface area contributed by atoms with Gasteiger partial charge in [0.25, 0.3) is 0 Å². The Labute approximate surface area is 122 Å². The highest BCUT2D eigenvalue weighted by molar-refractivity contribution is 9.10. The summed E-state index contributed by atoms with van der Waals surface area (Å²) in [5, 5.41) is 6.46. The van der Waals surface area contributed by atoms with E-state index in [1.165, 1.54) is 19.3 Å². The van der Waals surface area contributed by atoms with Gasteiger partial charge in [-0.2, -0.15) is 0 Å². The van der Waals surface area contributed by atoms with Crippen molar-refractivity contribution >= 4 is 27.5 Å². The molecule has 1 saturated heterocycles. The van der Waals surface area contributed by atoms with Crippen molar-refractivity contribution in [2.75, 3.05) is 11.9 Å². The van der Waals surface area contributed by atoms with Gasteiger partial charge in [-0.3, -0.25) is 4.79 Å². The molecule has 1 heterocycles. The molecule has 0 bridgehead atoms. The van der Waals surface area contributed by atoms with Crippen molar-refractivity contribution in [2.45, 2.75) is 32.2 Å². The topological polar surface area (TPSA) is 41.1 Å². The number of halogens is 1. The van der Waals surface area contributed by atoms with Crippen LogP contribution in [0.3, 0.4) is 0 Å². The normalized spacial score (nSPS) is 29.3. The van der Waals surface area contributed by atoms with E-state index in [1.54, 1.807) is 0 Å². The lowest BCUT2D eigenvalue weighted by molar-refractivity contribution is -0.118. The number of nitrogens with one attached hydrogen (secondary N) is 2. The first kappa shape index (κ1) is 13.1. The maximum Gasteiger partial charge on any atom is 0.241 e. The van der Waals surface area contributed by atoms with Gasteiger partial charge in [-0.05, 0) is 55.8 Å². The number of hydrogen-bond donors (Lipinski definition) is 2. The molecule has 1 amide bonds. The maximum atomic E-state index is 12.4. The first-order chi connectivity index (χ1) is 9.15. The van der Waals surface area contributed by atoms with Gasteiger partial charge >= 0.3 is 0 Å². The van der Waals surface area contributed by atoms with Crippen LogP contribution in [0.1, 0.15) is 24.8 Å². The van der Waals surface area contributed by atoms with E-state index in [2.05, 4.69) is 26.6 Å². The van der Waals surface area contributed by atoms with Crippen LogP contribution in [0.2, 0.25) is 0 Å². The molecule has 1 aromatic carbocycles. The first-order valence-corrected chi connectivity index (χ1v) is 7.75. The molecule has 3 atom stereocenters. The quantitative estimate of drug-likeness (QED) is 0.878. The van der Waals surface area contributed by atoms with Gasteiger partial charge < -0.3 is 10.6 Å². The van der Waals surface area contributed by atoms with E-state index in [1.807, 2.05) is 25.1 Å². The van der Waals surface area contributed by atoms with Crippen LogP contribution in [-0.2, 0) is 4.79 Å². The number of fused-ring (bicyclic) bond motifs is 1. The fourth-order valence-corrected chi connectivity index (χ4v) is 3.78. The van der Waals surface area contributed by atoms with Crippen LogP contribution in [-0.4, -0.2) is 18.5 Å². The standard InChI is InChI=1S/C15H19BrN2O/c1-9-5-6-11(16)7-13(9)18-15(19)14-12-4-2-3-10(12)8-17-14/h5-7,10,12,14,17H,2-4,8H2,1H3,(H,18,19). The second-order valence-corrected chi connectivity index (χ2v) is 6.60. The Balaban J connectivity index is 1.73. The molecule has 3 unspecified atom stereocenters. The molecule has 0 spiro atoms. The second-order valence-electron chi connectivity index (χ2n) is 5.69. The Morgan fingerprint density at radius 2 is 2.26 bits per heavy atom. The molecular weight excluding hydrogens is 304 g/mol. The molecule has 1 aromatic rings. The SMILES string of the molecule is Cc1ccc(Br)cc1NC(=O)C1NCC2CCCC21. The lowest BCUT2D eigenvalue weighted by Gasteiger charge is -2.18. The van der Waals surface area contributed by atoms with Crippen molar-refractivity contribution in [2.24, 2.45) is 11.8 Å². The summed E-state index contributed by atoms with van der Waals surface area (Å²) in [5.41, 5.74) is 2.00. The van der Waals surface area contributed by atoms with Gasteiger partial charge in [-0.25, -0.2) is 0 Å². The third-order valence-corrected chi connectivity index (χ3v) is 4.98. The number of rotatable bonds is 2. The van der Waals surface area contributed by atoms with Crippen molar-refractivity contribution in [3.8, 4) is 0 Å². The lowest BCUT2D eigenvalue weighted by atomic mass is 9.93. The summed E-state index contributed by atoms with van der Waals surface area (Å²) in [4.78, 5) is 12.4. The minimum absolute atomic E-state index is 0.00844. The first-order valence-electron chi connectivity index (χ1n) is 6.95. The Bertz CT molecular complexity index is 503. The van der Waals surface area contributed by atoms with E-state index >= 15 is 0 Å². The molecule has 0 aromatic heterocycles. The highest BCUT2D eigenvalue weighted by Gasteiger charge is 2.42. The smallest absolute Gasteiger partial charge is 0.241 e. The fraction of sp³-hybridized carbons (Fsp3) is 0.533. The Morgan fingerprint density at radius 1 is 1.42 bits per heavy atom. The van der Waals surface area contributed by atoms with E-state index in [9.17, 15) is 4.79 Å². The minimum atomic E-state index is -0.00844. The number of amides is 1. The van der Waals surface area contributed by atoms with Gasteiger partial charge in [0.1, 0.15) is 0 Å². The second kappa shape index (κ2) is 5.25. The van der Waals surface area contributed by atoms with Gasteiger partial charge in [0.2, 0.25) is 5.91 Å². The molecule has 2 aliphatic rings. The fourth-order valence-electron chi connectivity index (χ4n) is 3.41. The lowest BCUT2D eigenvalue weighted by Crippen LogP contribution is -2.39. The Morgan fingerprint density at radius 3 is 3.11 bits per heavy atom. The highest BCUT2D eigenvalue weighted by atomic mass is 79.9. The number of carbonyl (C=O) groups is 1. The number of anilines is 1. The van der Waals surface area contributed by atoms with Crippen LogP contribution in [0, 0.1) is 18.8 Å². The van der Waals surface area contributed by atoms with Gasteiger partial charge in [-0.1, -0.05) is 28.4 Å². The summed E-state index contributed by atoms with van der Waals surface area (Å²) in [6, 6.07) is 5.96. The van der Waals surface area contributed by atoms with Crippen molar-refractivity contribution in [3.05, 3.63) is 28.2 Å². The van der Waals surface area contributed by atoms with Gasteiger partial charge in [0.05, 0.1) is 6.04 Å². The zero-order valence-electron chi connectivity index (χ0n) is 11.1. The summed E-state index contributed by atoms with van der Waals surface area (Å²) in [6.45, 7) is 3.02. The maximum absolute atomic E-state index is 12.4. The largest absolute Gasteiger partial charge is 0.324 e. The van der Waals surface area contributed by atoms with Gasteiger partial charge in [0, 0.05) is 10.2 Å². The molecule has 0 radical (unpaired) electrons.